The SMILES string of the molecule is CC(C)(C)OC(=O)c1ccc([AsH]C(C(=O)O)c2ccc(C(C)(C)C)cc2)cc1. The average Bonchev–Trinajstić information content (AvgIpc) is 2.58. The summed E-state index contributed by atoms with van der Waals surface area (Å²) >= 11 is -0.968. The molecule has 5 heteroatoms. The van der Waals surface area contributed by atoms with Gasteiger partial charge in [0.15, 0.2) is 0 Å². The van der Waals surface area contributed by atoms with E-state index in [0.29, 0.717) is 5.56 Å². The first-order valence-electron chi connectivity index (χ1n) is 9.30. The van der Waals surface area contributed by atoms with E-state index in [2.05, 4.69) is 20.8 Å². The molecule has 2 aromatic carbocycles. The zero-order valence-corrected chi connectivity index (χ0v) is 19.5. The van der Waals surface area contributed by atoms with E-state index in [1.807, 2.05) is 57.2 Å². The first-order valence-corrected chi connectivity index (χ1v) is 11.6. The van der Waals surface area contributed by atoms with Crippen molar-refractivity contribution in [1.82, 2.24) is 0 Å². The predicted molar refractivity (Wildman–Crippen MR) is 114 cm³/mol. The van der Waals surface area contributed by atoms with Gasteiger partial charge < -0.3 is 0 Å². The van der Waals surface area contributed by atoms with Gasteiger partial charge in [0.2, 0.25) is 0 Å². The Hall–Kier alpha value is -2.06. The zero-order valence-electron chi connectivity index (χ0n) is 17.4. The van der Waals surface area contributed by atoms with Crippen LogP contribution in [0.2, 0.25) is 0 Å². The van der Waals surface area contributed by atoms with Crippen LogP contribution in [0.1, 0.15) is 67.7 Å². The van der Waals surface area contributed by atoms with Gasteiger partial charge in [-0.3, -0.25) is 0 Å². The van der Waals surface area contributed by atoms with Crippen LogP contribution in [-0.4, -0.2) is 38.4 Å². The van der Waals surface area contributed by atoms with Gasteiger partial charge in [-0.15, -0.1) is 0 Å². The number of hydrogen-bond donors (Lipinski definition) is 1. The molecule has 0 saturated carbocycles. The van der Waals surface area contributed by atoms with Gasteiger partial charge in [0.05, 0.1) is 0 Å². The number of ether oxygens (including phenoxy) is 1. The Kier molecular flexibility index (Phi) is 6.77. The second kappa shape index (κ2) is 8.53. The van der Waals surface area contributed by atoms with E-state index in [1.165, 1.54) is 5.56 Å². The molecule has 2 unspecified atom stereocenters. The van der Waals surface area contributed by atoms with E-state index in [1.54, 1.807) is 12.1 Å². The monoisotopic (exact) mass is 444 g/mol. The molecular weight excluding hydrogens is 415 g/mol. The number of carbonyl (C=O) groups is 2. The van der Waals surface area contributed by atoms with Crippen LogP contribution in [0.3, 0.4) is 0 Å². The number of esters is 1. The molecule has 0 heterocycles. The van der Waals surface area contributed by atoms with Crippen LogP contribution in [0.5, 0.6) is 0 Å². The molecule has 0 spiro atoms. The van der Waals surface area contributed by atoms with Gasteiger partial charge in [-0.1, -0.05) is 0 Å². The molecule has 0 radical (unpaired) electrons. The minimum absolute atomic E-state index is 0.0328. The number of benzene rings is 2. The first kappa shape index (κ1) is 22.2. The normalized spacial score (nSPS) is 13.5. The van der Waals surface area contributed by atoms with E-state index in [9.17, 15) is 14.7 Å². The third-order valence-electron chi connectivity index (χ3n) is 4.19. The van der Waals surface area contributed by atoms with Crippen LogP contribution in [-0.2, 0) is 14.9 Å². The molecule has 4 nitrogen and oxygen atoms in total. The average molecular weight is 444 g/mol. The van der Waals surface area contributed by atoms with Crippen LogP contribution in [0.15, 0.2) is 48.5 Å². The third-order valence-corrected chi connectivity index (χ3v) is 7.41. The van der Waals surface area contributed by atoms with Gasteiger partial charge in [0, 0.05) is 0 Å². The molecule has 2 aromatic rings. The Morgan fingerprint density at radius 2 is 1.43 bits per heavy atom. The third kappa shape index (κ3) is 6.24. The number of aliphatic carboxylic acids is 1. The van der Waals surface area contributed by atoms with Gasteiger partial charge in [0.1, 0.15) is 0 Å². The van der Waals surface area contributed by atoms with Crippen molar-refractivity contribution in [3.8, 4) is 0 Å². The Labute approximate surface area is 174 Å². The number of carboxylic acid groups (broad SMARTS) is 1. The van der Waals surface area contributed by atoms with Gasteiger partial charge in [0.25, 0.3) is 0 Å². The molecule has 28 heavy (non-hydrogen) atoms. The summed E-state index contributed by atoms with van der Waals surface area (Å²) in [5.74, 6) is -1.17. The molecule has 0 saturated heterocycles. The van der Waals surface area contributed by atoms with Crippen molar-refractivity contribution in [2.45, 2.75) is 57.3 Å². The Bertz CT molecular complexity index is 825. The standard InChI is InChI=1S/C23H29AsO4/c1-22(2,3)17-11-7-15(8-12-17)19(20(25)26)24-18-13-9-16(10-14-18)21(27)28-23(4,5)6/h7-14,19,24H,1-6H3,(H,25,26). The van der Waals surface area contributed by atoms with Crippen molar-refractivity contribution in [1.29, 1.82) is 0 Å². The summed E-state index contributed by atoms with van der Waals surface area (Å²) < 4.78 is 5.84. The summed E-state index contributed by atoms with van der Waals surface area (Å²) in [6.45, 7) is 11.9. The van der Waals surface area contributed by atoms with Gasteiger partial charge in [-0.05, 0) is 0 Å². The Morgan fingerprint density at radius 3 is 1.86 bits per heavy atom. The topological polar surface area (TPSA) is 63.6 Å². The van der Waals surface area contributed by atoms with Crippen LogP contribution < -0.4 is 4.35 Å². The summed E-state index contributed by atoms with van der Waals surface area (Å²) in [6.07, 6.45) is 0. The molecule has 0 bridgehead atoms. The van der Waals surface area contributed by atoms with E-state index in [-0.39, 0.29) is 11.4 Å². The van der Waals surface area contributed by atoms with Gasteiger partial charge >= 0.3 is 174 Å². The van der Waals surface area contributed by atoms with Crippen molar-refractivity contribution in [3.63, 3.8) is 0 Å². The zero-order chi connectivity index (χ0) is 21.1. The van der Waals surface area contributed by atoms with Crippen LogP contribution in [0, 0.1) is 0 Å². The van der Waals surface area contributed by atoms with E-state index >= 15 is 0 Å². The molecular formula is C23H29AsO4. The molecule has 0 aromatic heterocycles. The van der Waals surface area contributed by atoms with Crippen LogP contribution >= 0.6 is 0 Å². The Morgan fingerprint density at radius 1 is 0.893 bits per heavy atom. The van der Waals surface area contributed by atoms with Gasteiger partial charge in [-0.2, -0.15) is 0 Å². The minimum atomic E-state index is -0.968. The maximum atomic E-state index is 12.1. The molecule has 0 aliphatic heterocycles. The quantitative estimate of drug-likeness (QED) is 0.563. The molecule has 2 atom stereocenters. The summed E-state index contributed by atoms with van der Waals surface area (Å²) in [6, 6.07) is 15.0. The molecule has 2 rings (SSSR count). The second-order valence-corrected chi connectivity index (χ2v) is 11.9. The van der Waals surface area contributed by atoms with Crippen LogP contribution in [0.25, 0.3) is 0 Å². The summed E-state index contributed by atoms with van der Waals surface area (Å²) in [4.78, 5) is 24.0. The van der Waals surface area contributed by atoms with Crippen molar-refractivity contribution in [2.75, 3.05) is 0 Å². The molecule has 0 fully saturated rings. The second-order valence-electron chi connectivity index (χ2n) is 8.87. The molecule has 0 aliphatic carbocycles. The van der Waals surface area contributed by atoms with Gasteiger partial charge in [-0.25, -0.2) is 0 Å². The van der Waals surface area contributed by atoms with Crippen molar-refractivity contribution < 1.29 is 19.4 Å². The number of hydrogen-bond acceptors (Lipinski definition) is 3. The molecule has 1 N–H and O–H groups in total. The summed E-state index contributed by atoms with van der Waals surface area (Å²) in [5.41, 5.74) is 1.98. The molecule has 0 aliphatic rings. The molecule has 0 amide bonds. The fraction of sp³-hybridized carbons (Fsp3) is 0.391. The van der Waals surface area contributed by atoms with Crippen molar-refractivity contribution in [3.05, 3.63) is 65.2 Å². The first-order chi connectivity index (χ1) is 12.9. The van der Waals surface area contributed by atoms with Crippen molar-refractivity contribution >= 4 is 32.0 Å². The fourth-order valence-corrected chi connectivity index (χ4v) is 5.13. The van der Waals surface area contributed by atoms with Crippen LogP contribution in [0.4, 0.5) is 0 Å². The number of rotatable bonds is 5. The summed E-state index contributed by atoms with van der Waals surface area (Å²) in [7, 11) is 0. The fourth-order valence-electron chi connectivity index (χ4n) is 2.67. The predicted octanol–water partition coefficient (Wildman–Crippen LogP) is 3.83. The summed E-state index contributed by atoms with van der Waals surface area (Å²) in [5, 5.41) is 9.74. The van der Waals surface area contributed by atoms with E-state index < -0.39 is 32.0 Å². The number of carboxylic acids is 1. The van der Waals surface area contributed by atoms with E-state index in [0.717, 1.165) is 9.91 Å². The number of carbonyl (C=O) groups excluding carboxylic acids is 1. The Balaban J connectivity index is 2.16. The molecule has 150 valence electrons. The maximum absolute atomic E-state index is 12.1. The van der Waals surface area contributed by atoms with Crippen molar-refractivity contribution in [2.24, 2.45) is 0 Å². The van der Waals surface area contributed by atoms with E-state index in [4.69, 9.17) is 4.74 Å².